The fourth-order valence-electron chi connectivity index (χ4n) is 3.85. The van der Waals surface area contributed by atoms with E-state index in [0.717, 1.165) is 24.3 Å². The predicted octanol–water partition coefficient (Wildman–Crippen LogP) is 4.48. The maximum atomic E-state index is 5.55. The molecule has 0 amide bonds. The molecule has 4 rings (SSSR count). The Morgan fingerprint density at radius 1 is 1.13 bits per heavy atom. The van der Waals surface area contributed by atoms with Gasteiger partial charge in [-0.3, -0.25) is 4.98 Å². The number of ether oxygens (including phenoxy) is 2. The number of benzene rings is 1. The Morgan fingerprint density at radius 3 is 2.87 bits per heavy atom. The van der Waals surface area contributed by atoms with Crippen LogP contribution in [0.4, 0.5) is 0 Å². The lowest BCUT2D eigenvalue weighted by molar-refractivity contribution is 0.174. The Morgan fingerprint density at radius 2 is 2.00 bits per heavy atom. The van der Waals surface area contributed by atoms with E-state index in [4.69, 9.17) is 14.5 Å². The van der Waals surface area contributed by atoms with Gasteiger partial charge < -0.3 is 9.47 Å². The van der Waals surface area contributed by atoms with Gasteiger partial charge in [-0.2, -0.15) is 0 Å². The van der Waals surface area contributed by atoms with Crippen molar-refractivity contribution in [3.63, 3.8) is 0 Å². The van der Waals surface area contributed by atoms with Crippen LogP contribution in [-0.4, -0.2) is 11.8 Å². The number of pyridine rings is 1. The van der Waals surface area contributed by atoms with Gasteiger partial charge in [-0.15, -0.1) is 0 Å². The Balaban J connectivity index is 1.66. The first-order valence-corrected chi connectivity index (χ1v) is 8.64. The number of nitrogens with zero attached hydrogens (tertiary/aromatic N) is 1. The summed E-state index contributed by atoms with van der Waals surface area (Å²) >= 11 is 0. The van der Waals surface area contributed by atoms with Crippen molar-refractivity contribution in [1.29, 1.82) is 0 Å². The molecule has 0 fully saturated rings. The van der Waals surface area contributed by atoms with E-state index >= 15 is 0 Å². The monoisotopic (exact) mass is 309 g/mol. The highest BCUT2D eigenvalue weighted by Crippen LogP contribution is 2.44. The normalized spacial score (nSPS) is 21.5. The van der Waals surface area contributed by atoms with Crippen LogP contribution >= 0.6 is 0 Å². The van der Waals surface area contributed by atoms with Crippen molar-refractivity contribution in [3.8, 4) is 11.5 Å². The first kappa shape index (κ1) is 14.6. The molecule has 3 heteroatoms. The van der Waals surface area contributed by atoms with Crippen LogP contribution in [-0.2, 0) is 12.8 Å². The van der Waals surface area contributed by atoms with Crippen LogP contribution in [0.1, 0.15) is 55.1 Å². The molecule has 2 heterocycles. The summed E-state index contributed by atoms with van der Waals surface area (Å²) in [5.41, 5.74) is 5.22. The van der Waals surface area contributed by atoms with Gasteiger partial charge in [0.05, 0.1) is 0 Å². The standard InChI is InChI=1S/C20H23NO2/c1-3-4-5-15-7-8-16-17(21-15)10-13(2)20(16)14-6-9-18-19(11-14)23-12-22-18/h6-9,11,13,20H,3-5,10,12H2,1-2H3/t13-,20-/m0/s1. The summed E-state index contributed by atoms with van der Waals surface area (Å²) in [4.78, 5) is 4.93. The minimum Gasteiger partial charge on any atom is -0.454 e. The van der Waals surface area contributed by atoms with Gasteiger partial charge in [-0.25, -0.2) is 0 Å². The zero-order valence-corrected chi connectivity index (χ0v) is 13.8. The van der Waals surface area contributed by atoms with E-state index in [-0.39, 0.29) is 0 Å². The minimum absolute atomic E-state index is 0.331. The molecule has 0 unspecified atom stereocenters. The van der Waals surface area contributed by atoms with Gasteiger partial charge in [0.15, 0.2) is 11.5 Å². The van der Waals surface area contributed by atoms with Crippen LogP contribution in [0.25, 0.3) is 0 Å². The van der Waals surface area contributed by atoms with Crippen LogP contribution in [0.5, 0.6) is 11.5 Å². The van der Waals surface area contributed by atoms with Gasteiger partial charge in [0, 0.05) is 17.3 Å². The predicted molar refractivity (Wildman–Crippen MR) is 90.1 cm³/mol. The minimum atomic E-state index is 0.331. The van der Waals surface area contributed by atoms with Crippen molar-refractivity contribution in [3.05, 3.63) is 52.8 Å². The van der Waals surface area contributed by atoms with E-state index in [1.165, 1.54) is 35.4 Å². The van der Waals surface area contributed by atoms with E-state index in [9.17, 15) is 0 Å². The van der Waals surface area contributed by atoms with Gasteiger partial charge in [0.25, 0.3) is 0 Å². The number of aryl methyl sites for hydroxylation is 1. The van der Waals surface area contributed by atoms with Crippen molar-refractivity contribution < 1.29 is 9.47 Å². The molecule has 0 spiro atoms. The van der Waals surface area contributed by atoms with Crippen LogP contribution in [0, 0.1) is 5.92 Å². The molecule has 1 aromatic heterocycles. The van der Waals surface area contributed by atoms with Crippen LogP contribution in [0.15, 0.2) is 30.3 Å². The molecule has 1 aromatic carbocycles. The molecule has 120 valence electrons. The van der Waals surface area contributed by atoms with Crippen molar-refractivity contribution in [2.45, 2.75) is 45.4 Å². The molecule has 23 heavy (non-hydrogen) atoms. The van der Waals surface area contributed by atoms with E-state index < -0.39 is 0 Å². The Labute approximate surface area is 137 Å². The van der Waals surface area contributed by atoms with Crippen molar-refractivity contribution in [2.75, 3.05) is 6.79 Å². The number of aromatic nitrogens is 1. The molecule has 2 aliphatic rings. The van der Waals surface area contributed by atoms with Crippen molar-refractivity contribution in [2.24, 2.45) is 5.92 Å². The molecule has 0 saturated heterocycles. The summed E-state index contributed by atoms with van der Waals surface area (Å²) < 4.78 is 11.0. The molecule has 1 aliphatic carbocycles. The zero-order chi connectivity index (χ0) is 15.8. The van der Waals surface area contributed by atoms with Gasteiger partial charge in [0.2, 0.25) is 6.79 Å². The maximum Gasteiger partial charge on any atom is 0.231 e. The van der Waals surface area contributed by atoms with Gasteiger partial charge in [-0.1, -0.05) is 32.4 Å². The third-order valence-corrected chi connectivity index (χ3v) is 5.03. The van der Waals surface area contributed by atoms with E-state index in [2.05, 4.69) is 38.1 Å². The summed E-state index contributed by atoms with van der Waals surface area (Å²) in [7, 11) is 0. The summed E-state index contributed by atoms with van der Waals surface area (Å²) in [6.07, 6.45) is 4.59. The van der Waals surface area contributed by atoms with E-state index in [1.54, 1.807) is 0 Å². The van der Waals surface area contributed by atoms with E-state index in [1.807, 2.05) is 6.07 Å². The SMILES string of the molecule is CCCCc1ccc2c(n1)C[C@H](C)[C@H]2c1ccc2c(c1)OCO2. The van der Waals surface area contributed by atoms with Gasteiger partial charge in [-0.05, 0) is 54.5 Å². The fourth-order valence-corrected chi connectivity index (χ4v) is 3.85. The smallest absolute Gasteiger partial charge is 0.231 e. The molecule has 2 atom stereocenters. The van der Waals surface area contributed by atoms with Crippen LogP contribution in [0.2, 0.25) is 0 Å². The van der Waals surface area contributed by atoms with Crippen molar-refractivity contribution in [1.82, 2.24) is 4.98 Å². The lowest BCUT2D eigenvalue weighted by Crippen LogP contribution is -2.05. The van der Waals surface area contributed by atoms with Crippen molar-refractivity contribution >= 4 is 0 Å². The van der Waals surface area contributed by atoms with Gasteiger partial charge in [0.1, 0.15) is 0 Å². The Kier molecular flexibility index (Phi) is 3.72. The molecular formula is C20H23NO2. The van der Waals surface area contributed by atoms with Crippen LogP contribution in [0.3, 0.4) is 0 Å². The van der Waals surface area contributed by atoms with Crippen LogP contribution < -0.4 is 9.47 Å². The highest BCUT2D eigenvalue weighted by atomic mass is 16.7. The second-order valence-electron chi connectivity index (χ2n) is 6.71. The quantitative estimate of drug-likeness (QED) is 0.834. The lowest BCUT2D eigenvalue weighted by atomic mass is 9.87. The Hall–Kier alpha value is -2.03. The summed E-state index contributed by atoms with van der Waals surface area (Å²) in [6, 6.07) is 10.9. The average molecular weight is 309 g/mol. The number of hydrogen-bond acceptors (Lipinski definition) is 3. The molecule has 0 bridgehead atoms. The molecule has 0 saturated carbocycles. The molecule has 0 N–H and O–H groups in total. The first-order chi connectivity index (χ1) is 11.3. The maximum absolute atomic E-state index is 5.55. The molecule has 3 nitrogen and oxygen atoms in total. The largest absolute Gasteiger partial charge is 0.454 e. The van der Waals surface area contributed by atoms with E-state index in [0.29, 0.717) is 18.6 Å². The lowest BCUT2D eigenvalue weighted by Gasteiger charge is -2.17. The molecule has 0 radical (unpaired) electrons. The number of unbranched alkanes of at least 4 members (excludes halogenated alkanes) is 1. The molecular weight excluding hydrogens is 286 g/mol. The first-order valence-electron chi connectivity index (χ1n) is 8.64. The average Bonchev–Trinajstić information content (AvgIpc) is 3.14. The summed E-state index contributed by atoms with van der Waals surface area (Å²) in [5, 5.41) is 0. The number of rotatable bonds is 4. The highest BCUT2D eigenvalue weighted by Gasteiger charge is 2.32. The third kappa shape index (κ3) is 2.58. The topological polar surface area (TPSA) is 31.4 Å². The fraction of sp³-hybridized carbons (Fsp3) is 0.450. The number of hydrogen-bond donors (Lipinski definition) is 0. The molecule has 2 aromatic rings. The third-order valence-electron chi connectivity index (χ3n) is 5.03. The summed E-state index contributed by atoms with van der Waals surface area (Å²) in [5.74, 6) is 2.70. The zero-order valence-electron chi connectivity index (χ0n) is 13.8. The Bertz CT molecular complexity index is 726. The molecule has 1 aliphatic heterocycles. The van der Waals surface area contributed by atoms with Gasteiger partial charge >= 0.3 is 0 Å². The summed E-state index contributed by atoms with van der Waals surface area (Å²) in [6.45, 7) is 4.88. The second-order valence-corrected chi connectivity index (χ2v) is 6.71. The number of fused-ring (bicyclic) bond motifs is 2. The highest BCUT2D eigenvalue weighted by molar-refractivity contribution is 5.49. The second kappa shape index (κ2) is 5.88.